The predicted octanol–water partition coefficient (Wildman–Crippen LogP) is 4.58. The van der Waals surface area contributed by atoms with E-state index in [2.05, 4.69) is 10.3 Å². The summed E-state index contributed by atoms with van der Waals surface area (Å²) in [6, 6.07) is 16.5. The predicted molar refractivity (Wildman–Crippen MR) is 130 cm³/mol. The Balaban J connectivity index is 1.73. The molecule has 0 unspecified atom stereocenters. The number of ether oxygens (including phenoxy) is 2. The molecule has 7 nitrogen and oxygen atoms in total. The van der Waals surface area contributed by atoms with Crippen LogP contribution in [0.4, 0.5) is 5.69 Å². The number of amides is 2. The Morgan fingerprint density at radius 1 is 0.853 bits per heavy atom. The van der Waals surface area contributed by atoms with Crippen LogP contribution in [0.5, 0.6) is 11.5 Å². The number of carbonyl (C=O) groups is 2. The summed E-state index contributed by atoms with van der Waals surface area (Å²) in [6.45, 7) is 6.91. The van der Waals surface area contributed by atoms with E-state index in [-0.39, 0.29) is 24.1 Å². The van der Waals surface area contributed by atoms with Gasteiger partial charge in [0.2, 0.25) is 0 Å². The number of benzene rings is 2. The molecule has 2 aromatic carbocycles. The average molecular weight is 458 g/mol. The van der Waals surface area contributed by atoms with E-state index in [1.807, 2.05) is 45.0 Å². The minimum atomic E-state index is -0.385. The number of carbonyl (C=O) groups excluding carboxylic acids is 2. The molecule has 0 saturated heterocycles. The van der Waals surface area contributed by atoms with Gasteiger partial charge < -0.3 is 14.8 Å². The van der Waals surface area contributed by atoms with Crippen molar-refractivity contribution in [1.29, 1.82) is 0 Å². The van der Waals surface area contributed by atoms with Crippen molar-refractivity contribution in [2.24, 2.45) is 0 Å². The first-order valence-electron chi connectivity index (χ1n) is 11.2. The maximum absolute atomic E-state index is 13.5. The zero-order valence-electron chi connectivity index (χ0n) is 19.5. The van der Waals surface area contributed by atoms with E-state index in [0.29, 0.717) is 41.5 Å². The topological polar surface area (TPSA) is 80.8 Å². The standard InChI is InChI=1S/C27H27N3O4/c1-4-33-22-11-10-21(16-23(22)34-5-2)29-25-24(20-8-6-18(3)7-9-20)26(31)30(27(25)32)17-19-12-14-28-15-13-19/h6-16,29H,4-5,17H2,1-3H3. The molecule has 0 radical (unpaired) electrons. The van der Waals surface area contributed by atoms with Crippen LogP contribution in [0.3, 0.4) is 0 Å². The van der Waals surface area contributed by atoms with Crippen LogP contribution >= 0.6 is 0 Å². The number of hydrogen-bond acceptors (Lipinski definition) is 6. The minimum Gasteiger partial charge on any atom is -0.490 e. The Morgan fingerprint density at radius 2 is 1.53 bits per heavy atom. The highest BCUT2D eigenvalue weighted by Gasteiger charge is 2.39. The number of nitrogens with one attached hydrogen (secondary N) is 1. The van der Waals surface area contributed by atoms with E-state index in [1.165, 1.54) is 4.90 Å². The maximum atomic E-state index is 13.5. The highest BCUT2D eigenvalue weighted by atomic mass is 16.5. The largest absolute Gasteiger partial charge is 0.490 e. The monoisotopic (exact) mass is 457 g/mol. The average Bonchev–Trinajstić information content (AvgIpc) is 3.06. The summed E-state index contributed by atoms with van der Waals surface area (Å²) >= 11 is 0. The Labute approximate surface area is 199 Å². The third-order valence-electron chi connectivity index (χ3n) is 5.41. The number of aryl methyl sites for hydroxylation is 1. The second-order valence-electron chi connectivity index (χ2n) is 7.82. The lowest BCUT2D eigenvalue weighted by Crippen LogP contribution is -2.32. The summed E-state index contributed by atoms with van der Waals surface area (Å²) in [4.78, 5) is 32.2. The second-order valence-corrected chi connectivity index (χ2v) is 7.82. The molecule has 1 N–H and O–H groups in total. The van der Waals surface area contributed by atoms with Crippen molar-refractivity contribution in [2.45, 2.75) is 27.3 Å². The van der Waals surface area contributed by atoms with E-state index >= 15 is 0 Å². The van der Waals surface area contributed by atoms with Crippen LogP contribution in [-0.2, 0) is 16.1 Å². The molecule has 7 heteroatoms. The van der Waals surface area contributed by atoms with Gasteiger partial charge in [0.25, 0.3) is 11.8 Å². The number of anilines is 1. The molecule has 1 aliphatic rings. The summed E-state index contributed by atoms with van der Waals surface area (Å²) in [5.74, 6) is 0.460. The lowest BCUT2D eigenvalue weighted by Gasteiger charge is -2.16. The first kappa shape index (κ1) is 23.0. The number of nitrogens with zero attached hydrogens (tertiary/aromatic N) is 2. The number of aromatic nitrogens is 1. The number of hydrogen-bond donors (Lipinski definition) is 1. The van der Waals surface area contributed by atoms with Crippen molar-refractivity contribution in [3.63, 3.8) is 0 Å². The highest BCUT2D eigenvalue weighted by Crippen LogP contribution is 2.35. The molecule has 4 rings (SSSR count). The van der Waals surface area contributed by atoms with Gasteiger partial charge in [0, 0.05) is 24.1 Å². The van der Waals surface area contributed by atoms with Crippen LogP contribution in [0, 0.1) is 6.92 Å². The van der Waals surface area contributed by atoms with Crippen LogP contribution in [0.1, 0.15) is 30.5 Å². The molecule has 34 heavy (non-hydrogen) atoms. The minimum absolute atomic E-state index is 0.161. The van der Waals surface area contributed by atoms with Crippen LogP contribution in [-0.4, -0.2) is 34.9 Å². The number of pyridine rings is 1. The number of imide groups is 1. The molecule has 1 aliphatic heterocycles. The number of rotatable bonds is 9. The van der Waals surface area contributed by atoms with Gasteiger partial charge in [0.1, 0.15) is 5.70 Å². The van der Waals surface area contributed by atoms with Crippen molar-refractivity contribution < 1.29 is 19.1 Å². The maximum Gasteiger partial charge on any atom is 0.278 e. The van der Waals surface area contributed by atoms with Crippen LogP contribution in [0.25, 0.3) is 5.57 Å². The molecular formula is C27H27N3O4. The van der Waals surface area contributed by atoms with E-state index in [9.17, 15) is 9.59 Å². The molecule has 0 aliphatic carbocycles. The molecule has 0 bridgehead atoms. The van der Waals surface area contributed by atoms with Gasteiger partial charge in [-0.25, -0.2) is 0 Å². The molecule has 0 fully saturated rings. The van der Waals surface area contributed by atoms with Gasteiger partial charge in [0.15, 0.2) is 11.5 Å². The molecule has 2 amide bonds. The van der Waals surface area contributed by atoms with Crippen molar-refractivity contribution in [2.75, 3.05) is 18.5 Å². The lowest BCUT2D eigenvalue weighted by molar-refractivity contribution is -0.137. The van der Waals surface area contributed by atoms with E-state index < -0.39 is 0 Å². The quantitative estimate of drug-likeness (QED) is 0.474. The van der Waals surface area contributed by atoms with Crippen molar-refractivity contribution in [3.05, 3.63) is 89.4 Å². The van der Waals surface area contributed by atoms with Gasteiger partial charge in [-0.1, -0.05) is 29.8 Å². The van der Waals surface area contributed by atoms with E-state index in [1.54, 1.807) is 42.7 Å². The van der Waals surface area contributed by atoms with Gasteiger partial charge in [0.05, 0.1) is 25.3 Å². The van der Waals surface area contributed by atoms with E-state index in [4.69, 9.17) is 9.47 Å². The normalized spacial score (nSPS) is 13.4. The van der Waals surface area contributed by atoms with Crippen LogP contribution < -0.4 is 14.8 Å². The third-order valence-corrected chi connectivity index (χ3v) is 5.41. The summed E-state index contributed by atoms with van der Waals surface area (Å²) in [6.07, 6.45) is 3.28. The van der Waals surface area contributed by atoms with Gasteiger partial charge in [-0.05, 0) is 56.2 Å². The first-order valence-corrected chi connectivity index (χ1v) is 11.2. The van der Waals surface area contributed by atoms with Crippen LogP contribution in [0.15, 0.2) is 72.7 Å². The van der Waals surface area contributed by atoms with E-state index in [0.717, 1.165) is 11.1 Å². The zero-order valence-corrected chi connectivity index (χ0v) is 19.5. The van der Waals surface area contributed by atoms with Crippen molar-refractivity contribution >= 4 is 23.1 Å². The molecular weight excluding hydrogens is 430 g/mol. The zero-order chi connectivity index (χ0) is 24.1. The SMILES string of the molecule is CCOc1ccc(NC2=C(c3ccc(C)cc3)C(=O)N(Cc3ccncc3)C2=O)cc1OCC. The molecule has 0 atom stereocenters. The molecule has 174 valence electrons. The Bertz CT molecular complexity index is 1220. The lowest BCUT2D eigenvalue weighted by atomic mass is 10.0. The fourth-order valence-corrected chi connectivity index (χ4v) is 3.77. The molecule has 2 heterocycles. The fraction of sp³-hybridized carbons (Fsp3) is 0.222. The Hall–Kier alpha value is -4.13. The summed E-state index contributed by atoms with van der Waals surface area (Å²) in [5, 5.41) is 3.19. The first-order chi connectivity index (χ1) is 16.5. The van der Waals surface area contributed by atoms with Crippen molar-refractivity contribution in [3.8, 4) is 11.5 Å². The molecule has 3 aromatic rings. The Morgan fingerprint density at radius 3 is 2.21 bits per heavy atom. The highest BCUT2D eigenvalue weighted by molar-refractivity contribution is 6.36. The molecule has 0 spiro atoms. The van der Waals surface area contributed by atoms with Gasteiger partial charge in [-0.15, -0.1) is 0 Å². The third kappa shape index (κ3) is 4.78. The second kappa shape index (κ2) is 10.2. The fourth-order valence-electron chi connectivity index (χ4n) is 3.77. The molecule has 0 saturated carbocycles. The van der Waals surface area contributed by atoms with Gasteiger partial charge in [-0.3, -0.25) is 19.5 Å². The summed E-state index contributed by atoms with van der Waals surface area (Å²) in [5.41, 5.74) is 3.76. The summed E-state index contributed by atoms with van der Waals surface area (Å²) < 4.78 is 11.4. The Kier molecular flexibility index (Phi) is 6.92. The molecule has 1 aromatic heterocycles. The van der Waals surface area contributed by atoms with Crippen molar-refractivity contribution in [1.82, 2.24) is 9.88 Å². The smallest absolute Gasteiger partial charge is 0.278 e. The van der Waals surface area contributed by atoms with Gasteiger partial charge in [-0.2, -0.15) is 0 Å². The summed E-state index contributed by atoms with van der Waals surface area (Å²) in [7, 11) is 0. The van der Waals surface area contributed by atoms with Gasteiger partial charge >= 0.3 is 0 Å². The van der Waals surface area contributed by atoms with Crippen LogP contribution in [0.2, 0.25) is 0 Å².